The van der Waals surface area contributed by atoms with Crippen molar-refractivity contribution in [3.63, 3.8) is 0 Å². The van der Waals surface area contributed by atoms with E-state index >= 15 is 0 Å². The number of pyridine rings is 1. The number of nitrogens with zero attached hydrogens (tertiary/aromatic N) is 2. The van der Waals surface area contributed by atoms with Crippen LogP contribution in [0.3, 0.4) is 0 Å². The molecule has 1 aromatic heterocycles. The number of hydrogen-bond acceptors (Lipinski definition) is 7. The van der Waals surface area contributed by atoms with Crippen molar-refractivity contribution in [2.24, 2.45) is 11.7 Å². The SMILES string of the molecule is C=CC(=O)C(C)CC.CCCC(=N)C1=C(N)CCN(C(=O)c2cnc(OC(F)(F)F)c(F)c2N)C1CC. The zero-order valence-electron chi connectivity index (χ0n) is 21.5. The quantitative estimate of drug-likeness (QED) is 0.230. The van der Waals surface area contributed by atoms with Gasteiger partial charge in [0.25, 0.3) is 11.8 Å². The summed E-state index contributed by atoms with van der Waals surface area (Å²) in [5.74, 6) is -3.31. The fourth-order valence-electron chi connectivity index (χ4n) is 3.74. The molecular formula is C25H35F4N5O3. The molecule has 0 saturated heterocycles. The van der Waals surface area contributed by atoms with E-state index in [9.17, 15) is 27.2 Å². The maximum Gasteiger partial charge on any atom is 0.574 e. The largest absolute Gasteiger partial charge is 0.574 e. The molecule has 0 bridgehead atoms. The van der Waals surface area contributed by atoms with Gasteiger partial charge in [0.2, 0.25) is 5.82 Å². The molecule has 0 radical (unpaired) electrons. The van der Waals surface area contributed by atoms with Gasteiger partial charge in [0.15, 0.2) is 5.78 Å². The van der Waals surface area contributed by atoms with Gasteiger partial charge in [-0.05, 0) is 25.3 Å². The molecule has 0 aliphatic carbocycles. The number of nitrogens with one attached hydrogen (secondary N) is 1. The molecule has 1 aliphatic rings. The van der Waals surface area contributed by atoms with Crippen molar-refractivity contribution in [3.05, 3.63) is 41.5 Å². The number of carbonyl (C=O) groups is 2. The second-order valence-electron chi connectivity index (χ2n) is 8.51. The summed E-state index contributed by atoms with van der Waals surface area (Å²) in [7, 11) is 0. The van der Waals surface area contributed by atoms with Crippen molar-refractivity contribution in [3.8, 4) is 5.88 Å². The number of anilines is 1. The second-order valence-corrected chi connectivity index (χ2v) is 8.51. The minimum Gasteiger partial charge on any atom is -0.402 e. The van der Waals surface area contributed by atoms with Gasteiger partial charge in [-0.2, -0.15) is 4.39 Å². The van der Waals surface area contributed by atoms with E-state index in [-0.39, 0.29) is 23.8 Å². The van der Waals surface area contributed by atoms with Gasteiger partial charge in [0, 0.05) is 42.1 Å². The molecule has 1 aliphatic heterocycles. The number of halogens is 4. The summed E-state index contributed by atoms with van der Waals surface area (Å²) in [5, 5.41) is 8.27. The molecule has 1 aromatic rings. The molecule has 2 unspecified atom stereocenters. The number of nitrogens with two attached hydrogens (primary N) is 2. The fourth-order valence-corrected chi connectivity index (χ4v) is 3.74. The molecule has 37 heavy (non-hydrogen) atoms. The van der Waals surface area contributed by atoms with Crippen molar-refractivity contribution in [1.82, 2.24) is 9.88 Å². The first kappa shape index (κ1) is 31.6. The zero-order valence-corrected chi connectivity index (χ0v) is 21.5. The van der Waals surface area contributed by atoms with Crippen LogP contribution >= 0.6 is 0 Å². The van der Waals surface area contributed by atoms with E-state index in [0.717, 1.165) is 19.0 Å². The van der Waals surface area contributed by atoms with E-state index in [1.165, 1.54) is 11.0 Å². The van der Waals surface area contributed by atoms with Crippen LogP contribution in [0.15, 0.2) is 30.1 Å². The number of hydrogen-bond donors (Lipinski definition) is 3. The summed E-state index contributed by atoms with van der Waals surface area (Å²) < 4.78 is 54.7. The van der Waals surface area contributed by atoms with E-state index in [0.29, 0.717) is 36.2 Å². The Morgan fingerprint density at radius 3 is 2.41 bits per heavy atom. The van der Waals surface area contributed by atoms with Crippen LogP contribution in [0.4, 0.5) is 23.2 Å². The minimum absolute atomic E-state index is 0.146. The molecule has 8 nitrogen and oxygen atoms in total. The highest BCUT2D eigenvalue weighted by Gasteiger charge is 2.37. The predicted molar refractivity (Wildman–Crippen MR) is 134 cm³/mol. The Balaban J connectivity index is 0.000000738. The van der Waals surface area contributed by atoms with Gasteiger partial charge < -0.3 is 26.5 Å². The number of amides is 1. The summed E-state index contributed by atoms with van der Waals surface area (Å²) in [6.45, 7) is 11.2. The van der Waals surface area contributed by atoms with E-state index in [2.05, 4.69) is 16.3 Å². The molecule has 2 heterocycles. The zero-order chi connectivity index (χ0) is 28.5. The third-order valence-electron chi connectivity index (χ3n) is 5.92. The second kappa shape index (κ2) is 13.8. The average molecular weight is 530 g/mol. The Bertz CT molecular complexity index is 1040. The summed E-state index contributed by atoms with van der Waals surface area (Å²) in [5.41, 5.74) is 11.9. The Hall–Kier alpha value is -3.44. The van der Waals surface area contributed by atoms with Gasteiger partial charge in [-0.25, -0.2) is 4.98 Å². The molecule has 206 valence electrons. The Morgan fingerprint density at radius 2 is 1.95 bits per heavy atom. The van der Waals surface area contributed by atoms with E-state index in [4.69, 9.17) is 16.9 Å². The van der Waals surface area contributed by atoms with Gasteiger partial charge in [0.1, 0.15) is 0 Å². The number of alkyl halides is 3. The molecule has 1 amide bonds. The highest BCUT2D eigenvalue weighted by molar-refractivity contribution is 6.03. The number of ether oxygens (including phenoxy) is 1. The summed E-state index contributed by atoms with van der Waals surface area (Å²) in [6, 6.07) is -0.524. The molecule has 0 aromatic carbocycles. The van der Waals surface area contributed by atoms with E-state index in [1.807, 2.05) is 27.7 Å². The molecule has 2 atom stereocenters. The number of ketones is 1. The monoisotopic (exact) mass is 529 g/mol. The first-order valence-corrected chi connectivity index (χ1v) is 12.0. The third kappa shape index (κ3) is 8.29. The number of carbonyl (C=O) groups excluding carboxylic acids is 2. The molecule has 0 spiro atoms. The van der Waals surface area contributed by atoms with Crippen LogP contribution in [0, 0.1) is 17.1 Å². The highest BCUT2D eigenvalue weighted by Crippen LogP contribution is 2.32. The Morgan fingerprint density at radius 1 is 1.32 bits per heavy atom. The Kier molecular flexibility index (Phi) is 11.7. The molecule has 0 saturated carbocycles. The lowest BCUT2D eigenvalue weighted by Crippen LogP contribution is -2.47. The highest BCUT2D eigenvalue weighted by atomic mass is 19.4. The number of rotatable bonds is 9. The van der Waals surface area contributed by atoms with Crippen molar-refractivity contribution in [2.45, 2.75) is 72.2 Å². The van der Waals surface area contributed by atoms with Crippen LogP contribution in [-0.4, -0.2) is 46.2 Å². The summed E-state index contributed by atoms with van der Waals surface area (Å²) in [4.78, 5) is 28.3. The maximum absolute atomic E-state index is 14.2. The van der Waals surface area contributed by atoms with Gasteiger partial charge in [-0.3, -0.25) is 9.59 Å². The first-order valence-electron chi connectivity index (χ1n) is 12.0. The topological polar surface area (TPSA) is 135 Å². The number of aromatic nitrogens is 1. The van der Waals surface area contributed by atoms with Crippen LogP contribution in [-0.2, 0) is 4.79 Å². The standard InChI is InChI=1S/C18H23F4N5O2.C7H12O/c1-3-5-10(23)13-11(24)6-7-27(12(13)4-2)17(28)9-8-26-16(14(19)15(9)25)29-18(20,21)22;1-4-6(3)7(8)5-2/h8,12,23H,3-7,24H2,1-2H3,(H2,25,26);5-6H,2,4H2,1,3H3. The van der Waals surface area contributed by atoms with Gasteiger partial charge >= 0.3 is 6.36 Å². The van der Waals surface area contributed by atoms with Crippen LogP contribution in [0.5, 0.6) is 5.88 Å². The van der Waals surface area contributed by atoms with Gasteiger partial charge in [-0.1, -0.05) is 40.7 Å². The smallest absolute Gasteiger partial charge is 0.402 e. The minimum atomic E-state index is -5.15. The summed E-state index contributed by atoms with van der Waals surface area (Å²) in [6.07, 6.45) is -0.137. The first-order chi connectivity index (χ1) is 17.2. The maximum atomic E-state index is 14.2. The van der Waals surface area contributed by atoms with Crippen LogP contribution < -0.4 is 16.2 Å². The number of allylic oxidation sites excluding steroid dienone is 1. The normalized spacial score (nSPS) is 16.4. The van der Waals surface area contributed by atoms with Crippen molar-refractivity contribution >= 4 is 23.1 Å². The molecule has 12 heteroatoms. The molecule has 2 rings (SSSR count). The van der Waals surface area contributed by atoms with Gasteiger partial charge in [-0.15, -0.1) is 13.2 Å². The summed E-state index contributed by atoms with van der Waals surface area (Å²) >= 11 is 0. The lowest BCUT2D eigenvalue weighted by Gasteiger charge is -2.38. The molecular weight excluding hydrogens is 494 g/mol. The third-order valence-corrected chi connectivity index (χ3v) is 5.92. The molecule has 5 N–H and O–H groups in total. The predicted octanol–water partition coefficient (Wildman–Crippen LogP) is 5.15. The van der Waals surface area contributed by atoms with Crippen LogP contribution in [0.25, 0.3) is 0 Å². The molecule has 0 fully saturated rings. The lowest BCUT2D eigenvalue weighted by atomic mass is 9.89. The number of nitrogen functional groups attached to an aromatic ring is 1. The van der Waals surface area contributed by atoms with E-state index in [1.54, 1.807) is 0 Å². The lowest BCUT2D eigenvalue weighted by molar-refractivity contribution is -0.277. The fraction of sp³-hybridized carbons (Fsp3) is 0.520. The average Bonchev–Trinajstić information content (AvgIpc) is 2.84. The Labute approximate surface area is 214 Å². The van der Waals surface area contributed by atoms with Crippen LogP contribution in [0.1, 0.15) is 70.2 Å². The van der Waals surface area contributed by atoms with Crippen molar-refractivity contribution in [1.29, 1.82) is 5.41 Å². The van der Waals surface area contributed by atoms with Crippen LogP contribution in [0.2, 0.25) is 0 Å². The van der Waals surface area contributed by atoms with Gasteiger partial charge in [0.05, 0.1) is 17.3 Å². The van der Waals surface area contributed by atoms with Crippen molar-refractivity contribution in [2.75, 3.05) is 12.3 Å². The van der Waals surface area contributed by atoms with E-state index < -0.39 is 35.7 Å². The van der Waals surface area contributed by atoms with Crippen molar-refractivity contribution < 1.29 is 31.9 Å².